The molecule has 0 aromatic heterocycles. The van der Waals surface area contributed by atoms with Gasteiger partial charge in [0.25, 0.3) is 0 Å². The third-order valence-corrected chi connectivity index (χ3v) is 5.65. The number of anilines is 1. The van der Waals surface area contributed by atoms with Crippen LogP contribution in [0.5, 0.6) is 0 Å². The number of rotatable bonds is 2. The highest BCUT2D eigenvalue weighted by Gasteiger charge is 2.32. The van der Waals surface area contributed by atoms with Gasteiger partial charge >= 0.3 is 6.03 Å². The Labute approximate surface area is 151 Å². The second-order valence-electron chi connectivity index (χ2n) is 5.12. The second kappa shape index (κ2) is 7.17. The van der Waals surface area contributed by atoms with Crippen molar-refractivity contribution in [3.8, 4) is 0 Å². The van der Waals surface area contributed by atoms with Crippen LogP contribution in [0, 0.1) is 11.6 Å². The highest BCUT2D eigenvalue weighted by Crippen LogP contribution is 2.42. The van der Waals surface area contributed by atoms with Crippen LogP contribution in [0.3, 0.4) is 0 Å². The number of nitrogens with zero attached hydrogens (tertiary/aromatic N) is 1. The van der Waals surface area contributed by atoms with Gasteiger partial charge in [-0.2, -0.15) is 0 Å². The molecule has 0 bridgehead atoms. The van der Waals surface area contributed by atoms with Crippen molar-refractivity contribution in [1.29, 1.82) is 0 Å². The molecule has 1 fully saturated rings. The molecule has 0 unspecified atom stereocenters. The van der Waals surface area contributed by atoms with Gasteiger partial charge < -0.3 is 10.2 Å². The van der Waals surface area contributed by atoms with E-state index < -0.39 is 17.7 Å². The van der Waals surface area contributed by atoms with Gasteiger partial charge in [0.1, 0.15) is 5.37 Å². The number of carbonyl (C=O) groups excluding carboxylic acids is 1. The van der Waals surface area contributed by atoms with Gasteiger partial charge in [-0.25, -0.2) is 13.6 Å². The predicted molar refractivity (Wildman–Crippen MR) is 93.7 cm³/mol. The first-order chi connectivity index (χ1) is 11.5. The zero-order valence-corrected chi connectivity index (χ0v) is 14.6. The summed E-state index contributed by atoms with van der Waals surface area (Å²) in [6.45, 7) is 0.508. The fraction of sp³-hybridized carbons (Fsp3) is 0.188. The molecule has 1 aliphatic rings. The molecule has 0 spiro atoms. The minimum absolute atomic E-state index is 0.187. The minimum Gasteiger partial charge on any atom is -0.308 e. The molecule has 0 radical (unpaired) electrons. The Kier molecular flexibility index (Phi) is 5.18. The summed E-state index contributed by atoms with van der Waals surface area (Å²) in [6, 6.07) is 8.07. The molecule has 1 atom stereocenters. The zero-order valence-electron chi connectivity index (χ0n) is 12.2. The van der Waals surface area contributed by atoms with Crippen molar-refractivity contribution in [2.75, 3.05) is 17.6 Å². The van der Waals surface area contributed by atoms with E-state index in [1.807, 2.05) is 6.07 Å². The SMILES string of the molecule is O=C(Nc1ccc(F)c(F)c1)N1CCS[C@@H]1c1cccc(Cl)c1Cl. The largest absolute Gasteiger partial charge is 0.323 e. The van der Waals surface area contributed by atoms with Crippen LogP contribution in [0.2, 0.25) is 10.0 Å². The van der Waals surface area contributed by atoms with Crippen LogP contribution in [-0.2, 0) is 0 Å². The molecule has 1 N–H and O–H groups in total. The molecule has 2 amide bonds. The number of hydrogen-bond acceptors (Lipinski definition) is 2. The first kappa shape index (κ1) is 17.3. The number of nitrogens with one attached hydrogen (secondary N) is 1. The van der Waals surface area contributed by atoms with E-state index in [9.17, 15) is 13.6 Å². The molecule has 0 aliphatic carbocycles. The van der Waals surface area contributed by atoms with E-state index in [1.165, 1.54) is 6.07 Å². The standard InChI is InChI=1S/C16H12Cl2F2N2OS/c17-11-3-1-2-10(14(11)18)15-22(6-7-24-15)16(23)21-9-4-5-12(19)13(20)8-9/h1-5,8,15H,6-7H2,(H,21,23)/t15-/m1/s1. The summed E-state index contributed by atoms with van der Waals surface area (Å²) >= 11 is 13.8. The van der Waals surface area contributed by atoms with Crippen LogP contribution in [0.4, 0.5) is 19.3 Å². The van der Waals surface area contributed by atoms with E-state index in [1.54, 1.807) is 28.8 Å². The smallest absolute Gasteiger partial charge is 0.308 e. The van der Waals surface area contributed by atoms with E-state index in [4.69, 9.17) is 23.2 Å². The van der Waals surface area contributed by atoms with Gasteiger partial charge in [0.05, 0.1) is 10.0 Å². The van der Waals surface area contributed by atoms with E-state index in [0.29, 0.717) is 16.6 Å². The van der Waals surface area contributed by atoms with Gasteiger partial charge in [0.15, 0.2) is 11.6 Å². The lowest BCUT2D eigenvalue weighted by atomic mass is 10.2. The number of thioether (sulfide) groups is 1. The molecule has 0 saturated carbocycles. The molecule has 8 heteroatoms. The van der Waals surface area contributed by atoms with Crippen molar-refractivity contribution < 1.29 is 13.6 Å². The van der Waals surface area contributed by atoms with Gasteiger partial charge in [-0.3, -0.25) is 0 Å². The Balaban J connectivity index is 1.81. The van der Waals surface area contributed by atoms with Crippen LogP contribution in [0.15, 0.2) is 36.4 Å². The number of hydrogen-bond donors (Lipinski definition) is 1. The van der Waals surface area contributed by atoms with Crippen LogP contribution in [0.25, 0.3) is 0 Å². The Morgan fingerprint density at radius 3 is 2.75 bits per heavy atom. The van der Waals surface area contributed by atoms with Crippen LogP contribution < -0.4 is 5.32 Å². The second-order valence-corrected chi connectivity index (χ2v) is 7.09. The van der Waals surface area contributed by atoms with Crippen LogP contribution in [-0.4, -0.2) is 23.2 Å². The minimum atomic E-state index is -1.02. The zero-order chi connectivity index (χ0) is 17.3. The van der Waals surface area contributed by atoms with Crippen molar-refractivity contribution in [3.05, 3.63) is 63.6 Å². The maximum atomic E-state index is 13.3. The van der Waals surface area contributed by atoms with Gasteiger partial charge in [-0.1, -0.05) is 35.3 Å². The summed E-state index contributed by atoms with van der Waals surface area (Å²) in [7, 11) is 0. The quantitative estimate of drug-likeness (QED) is 0.730. The summed E-state index contributed by atoms with van der Waals surface area (Å²) in [5.41, 5.74) is 0.929. The average molecular weight is 389 g/mol. The predicted octanol–water partition coefficient (Wildman–Crippen LogP) is 5.55. The molecule has 3 nitrogen and oxygen atoms in total. The summed E-state index contributed by atoms with van der Waals surface area (Å²) < 4.78 is 26.2. The van der Waals surface area contributed by atoms with Crippen LogP contribution >= 0.6 is 35.0 Å². The number of benzene rings is 2. The van der Waals surface area contributed by atoms with E-state index >= 15 is 0 Å². The Morgan fingerprint density at radius 1 is 1.21 bits per heavy atom. The summed E-state index contributed by atoms with van der Waals surface area (Å²) in [4.78, 5) is 14.1. The lowest BCUT2D eigenvalue weighted by Gasteiger charge is -2.25. The van der Waals surface area contributed by atoms with Crippen molar-refractivity contribution in [2.45, 2.75) is 5.37 Å². The Hall–Kier alpha value is -1.50. The summed E-state index contributed by atoms with van der Waals surface area (Å²) in [5, 5.41) is 3.11. The molecule has 1 aliphatic heterocycles. The highest BCUT2D eigenvalue weighted by molar-refractivity contribution is 7.99. The van der Waals surface area contributed by atoms with Crippen molar-refractivity contribution in [3.63, 3.8) is 0 Å². The molecule has 1 saturated heterocycles. The average Bonchev–Trinajstić information content (AvgIpc) is 3.03. The fourth-order valence-electron chi connectivity index (χ4n) is 2.42. The molecule has 3 rings (SSSR count). The normalized spacial score (nSPS) is 17.2. The first-order valence-corrected chi connectivity index (χ1v) is 8.86. The first-order valence-electron chi connectivity index (χ1n) is 7.05. The number of carbonyl (C=O) groups is 1. The lowest BCUT2D eigenvalue weighted by molar-refractivity contribution is 0.214. The molecule has 126 valence electrons. The highest BCUT2D eigenvalue weighted by atomic mass is 35.5. The number of halogens is 4. The van der Waals surface area contributed by atoms with Crippen molar-refractivity contribution in [1.82, 2.24) is 4.90 Å². The van der Waals surface area contributed by atoms with Crippen molar-refractivity contribution in [2.24, 2.45) is 0 Å². The molecule has 2 aromatic rings. The summed E-state index contributed by atoms with van der Waals surface area (Å²) in [5.74, 6) is -1.25. The van der Waals surface area contributed by atoms with E-state index in [0.717, 1.165) is 23.4 Å². The third-order valence-electron chi connectivity index (χ3n) is 3.57. The molecule has 2 aromatic carbocycles. The van der Waals surface area contributed by atoms with Gasteiger partial charge in [-0.05, 0) is 18.2 Å². The Bertz CT molecular complexity index is 791. The van der Waals surface area contributed by atoms with Crippen molar-refractivity contribution >= 4 is 46.7 Å². The lowest BCUT2D eigenvalue weighted by Crippen LogP contribution is -2.34. The number of urea groups is 1. The van der Waals surface area contributed by atoms with E-state index in [2.05, 4.69) is 5.32 Å². The molecule has 24 heavy (non-hydrogen) atoms. The maximum absolute atomic E-state index is 13.3. The molecular weight excluding hydrogens is 377 g/mol. The van der Waals surface area contributed by atoms with Gasteiger partial charge in [0, 0.05) is 29.6 Å². The molecule has 1 heterocycles. The fourth-order valence-corrected chi connectivity index (χ4v) is 4.17. The van der Waals surface area contributed by atoms with Crippen LogP contribution in [0.1, 0.15) is 10.9 Å². The number of amides is 2. The monoisotopic (exact) mass is 388 g/mol. The summed E-state index contributed by atoms with van der Waals surface area (Å²) in [6.07, 6.45) is 0. The van der Waals surface area contributed by atoms with Gasteiger partial charge in [-0.15, -0.1) is 11.8 Å². The third kappa shape index (κ3) is 3.45. The van der Waals surface area contributed by atoms with E-state index in [-0.39, 0.29) is 11.1 Å². The van der Waals surface area contributed by atoms with Gasteiger partial charge in [0.2, 0.25) is 0 Å². The Morgan fingerprint density at radius 2 is 2.00 bits per heavy atom. The molecular formula is C16H12Cl2F2N2OS. The maximum Gasteiger partial charge on any atom is 0.323 e. The topological polar surface area (TPSA) is 32.3 Å².